The molecule has 0 unspecified atom stereocenters. The Labute approximate surface area is 172 Å². The summed E-state index contributed by atoms with van der Waals surface area (Å²) in [5.41, 5.74) is 4.16. The second-order valence-electron chi connectivity index (χ2n) is 7.79. The molecule has 2 aromatic rings. The number of hydrogen-bond acceptors (Lipinski definition) is 3. The number of urea groups is 1. The fourth-order valence-electron chi connectivity index (χ4n) is 3.69. The maximum Gasteiger partial charge on any atom is 0.319 e. The highest BCUT2D eigenvalue weighted by molar-refractivity contribution is 5.89. The average Bonchev–Trinajstić information content (AvgIpc) is 2.68. The number of carbonyl (C=O) groups excluding carboxylic acids is 2. The highest BCUT2D eigenvalue weighted by atomic mass is 16.2. The largest absolute Gasteiger partial charge is 0.351 e. The van der Waals surface area contributed by atoms with Crippen LogP contribution in [0.2, 0.25) is 0 Å². The number of carbonyl (C=O) groups is 2. The van der Waals surface area contributed by atoms with E-state index in [4.69, 9.17) is 0 Å². The van der Waals surface area contributed by atoms with Crippen LogP contribution >= 0.6 is 0 Å². The number of rotatable bonds is 6. The zero-order valence-electron chi connectivity index (χ0n) is 17.2. The van der Waals surface area contributed by atoms with Gasteiger partial charge >= 0.3 is 6.03 Å². The van der Waals surface area contributed by atoms with Gasteiger partial charge in [0.2, 0.25) is 5.91 Å². The van der Waals surface area contributed by atoms with Crippen molar-refractivity contribution in [1.29, 1.82) is 0 Å². The van der Waals surface area contributed by atoms with Crippen LogP contribution in [0.5, 0.6) is 0 Å². The van der Waals surface area contributed by atoms with Crippen molar-refractivity contribution in [2.45, 2.75) is 39.3 Å². The van der Waals surface area contributed by atoms with Crippen LogP contribution in [-0.4, -0.2) is 42.5 Å². The first kappa shape index (κ1) is 20.9. The van der Waals surface area contributed by atoms with Crippen molar-refractivity contribution >= 4 is 17.6 Å². The molecule has 0 atom stereocenters. The van der Waals surface area contributed by atoms with Crippen LogP contribution in [0.4, 0.5) is 10.5 Å². The lowest BCUT2D eigenvalue weighted by atomic mass is 10.1. The van der Waals surface area contributed by atoms with Crippen LogP contribution in [-0.2, 0) is 11.3 Å². The van der Waals surface area contributed by atoms with E-state index in [0.717, 1.165) is 48.3 Å². The summed E-state index contributed by atoms with van der Waals surface area (Å²) >= 11 is 0. The molecule has 3 N–H and O–H groups in total. The fraction of sp³-hybridized carbons (Fsp3) is 0.391. The van der Waals surface area contributed by atoms with Gasteiger partial charge in [-0.1, -0.05) is 36.4 Å². The Morgan fingerprint density at radius 3 is 2.31 bits per heavy atom. The molecule has 0 bridgehead atoms. The van der Waals surface area contributed by atoms with Gasteiger partial charge in [-0.3, -0.25) is 9.69 Å². The fourth-order valence-corrected chi connectivity index (χ4v) is 3.69. The first-order valence-corrected chi connectivity index (χ1v) is 10.2. The van der Waals surface area contributed by atoms with Crippen LogP contribution in [0.1, 0.15) is 29.5 Å². The Hall–Kier alpha value is -2.86. The Morgan fingerprint density at radius 2 is 1.66 bits per heavy atom. The van der Waals surface area contributed by atoms with Gasteiger partial charge in [-0.25, -0.2) is 4.79 Å². The second kappa shape index (κ2) is 10.1. The number of aryl methyl sites for hydroxylation is 2. The van der Waals surface area contributed by atoms with E-state index in [1.807, 2.05) is 56.3 Å². The predicted octanol–water partition coefficient (Wildman–Crippen LogP) is 3.21. The van der Waals surface area contributed by atoms with Crippen LogP contribution in [0.15, 0.2) is 48.5 Å². The molecule has 6 nitrogen and oxygen atoms in total. The predicted molar refractivity (Wildman–Crippen MR) is 116 cm³/mol. The molecular formula is C23H30N4O2. The van der Waals surface area contributed by atoms with Crippen molar-refractivity contribution in [3.05, 3.63) is 65.2 Å². The average molecular weight is 395 g/mol. The van der Waals surface area contributed by atoms with Gasteiger partial charge in [-0.15, -0.1) is 0 Å². The molecule has 2 aromatic carbocycles. The smallest absolute Gasteiger partial charge is 0.319 e. The monoisotopic (exact) mass is 394 g/mol. The summed E-state index contributed by atoms with van der Waals surface area (Å²) in [6, 6.07) is 15.9. The maximum atomic E-state index is 12.3. The summed E-state index contributed by atoms with van der Waals surface area (Å²) in [4.78, 5) is 26.6. The molecule has 0 saturated carbocycles. The lowest BCUT2D eigenvalue weighted by Crippen LogP contribution is -2.48. The summed E-state index contributed by atoms with van der Waals surface area (Å²) in [7, 11) is 0. The molecular weight excluding hydrogens is 364 g/mol. The molecule has 3 amide bonds. The van der Waals surface area contributed by atoms with Crippen molar-refractivity contribution in [2.75, 3.05) is 25.0 Å². The van der Waals surface area contributed by atoms with Crippen molar-refractivity contribution < 1.29 is 9.59 Å². The molecule has 29 heavy (non-hydrogen) atoms. The lowest BCUT2D eigenvalue weighted by Gasteiger charge is -2.31. The second-order valence-corrected chi connectivity index (χ2v) is 7.79. The Morgan fingerprint density at radius 1 is 1.00 bits per heavy atom. The van der Waals surface area contributed by atoms with E-state index in [0.29, 0.717) is 13.1 Å². The molecule has 1 heterocycles. The Bertz CT molecular complexity index is 810. The van der Waals surface area contributed by atoms with E-state index in [-0.39, 0.29) is 18.0 Å². The van der Waals surface area contributed by atoms with Gasteiger partial charge in [0.25, 0.3) is 0 Å². The number of amides is 3. The van der Waals surface area contributed by atoms with Crippen molar-refractivity contribution in [3.8, 4) is 0 Å². The molecule has 3 rings (SSSR count). The van der Waals surface area contributed by atoms with Gasteiger partial charge in [-0.05, 0) is 55.5 Å². The number of likely N-dealkylation sites (tertiary alicyclic amines) is 1. The molecule has 0 radical (unpaired) electrons. The van der Waals surface area contributed by atoms with Gasteiger partial charge in [0.1, 0.15) is 0 Å². The Kier molecular flexibility index (Phi) is 7.25. The normalized spacial score (nSPS) is 15.0. The van der Waals surface area contributed by atoms with E-state index >= 15 is 0 Å². The summed E-state index contributed by atoms with van der Waals surface area (Å²) in [5, 5.41) is 8.93. The first-order valence-electron chi connectivity index (χ1n) is 10.2. The molecule has 1 aliphatic heterocycles. The third-order valence-electron chi connectivity index (χ3n) is 5.10. The number of benzene rings is 2. The van der Waals surface area contributed by atoms with Crippen LogP contribution < -0.4 is 16.0 Å². The van der Waals surface area contributed by atoms with Crippen molar-refractivity contribution in [2.24, 2.45) is 0 Å². The van der Waals surface area contributed by atoms with E-state index < -0.39 is 0 Å². The van der Waals surface area contributed by atoms with Crippen molar-refractivity contribution in [1.82, 2.24) is 15.5 Å². The zero-order valence-corrected chi connectivity index (χ0v) is 17.2. The zero-order chi connectivity index (χ0) is 20.6. The molecule has 1 aliphatic rings. The summed E-state index contributed by atoms with van der Waals surface area (Å²) in [5.74, 6) is 0.0350. The van der Waals surface area contributed by atoms with Crippen LogP contribution in [0, 0.1) is 13.8 Å². The van der Waals surface area contributed by atoms with E-state index in [9.17, 15) is 9.59 Å². The molecule has 0 spiro atoms. The minimum atomic E-state index is -0.172. The van der Waals surface area contributed by atoms with Gasteiger partial charge < -0.3 is 16.0 Å². The lowest BCUT2D eigenvalue weighted by molar-refractivity contribution is -0.122. The molecule has 1 saturated heterocycles. The number of nitrogens with zero attached hydrogens (tertiary/aromatic N) is 1. The van der Waals surface area contributed by atoms with E-state index in [2.05, 4.69) is 26.9 Å². The number of anilines is 1. The quantitative estimate of drug-likeness (QED) is 0.704. The third-order valence-corrected chi connectivity index (χ3v) is 5.10. The van der Waals surface area contributed by atoms with Crippen LogP contribution in [0.3, 0.4) is 0 Å². The number of hydrogen-bond donors (Lipinski definition) is 3. The summed E-state index contributed by atoms with van der Waals surface area (Å²) in [6.45, 7) is 6.58. The molecule has 0 aromatic heterocycles. The minimum absolute atomic E-state index is 0.0350. The molecule has 0 aliphatic carbocycles. The summed E-state index contributed by atoms with van der Waals surface area (Å²) in [6.07, 6.45) is 1.68. The third kappa shape index (κ3) is 6.91. The summed E-state index contributed by atoms with van der Waals surface area (Å²) < 4.78 is 0. The number of piperidine rings is 1. The highest BCUT2D eigenvalue weighted by Gasteiger charge is 2.22. The van der Waals surface area contributed by atoms with Gasteiger partial charge in [0.05, 0.1) is 6.54 Å². The van der Waals surface area contributed by atoms with Gasteiger partial charge in [0.15, 0.2) is 0 Å². The topological polar surface area (TPSA) is 73.5 Å². The molecule has 6 heteroatoms. The first-order chi connectivity index (χ1) is 14.0. The highest BCUT2D eigenvalue weighted by Crippen LogP contribution is 2.14. The Balaban J connectivity index is 1.36. The SMILES string of the molecule is Cc1cc(C)cc(NC(=O)NC2CCN(CC(=O)NCc3ccccc3)CC2)c1. The maximum absolute atomic E-state index is 12.3. The van der Waals surface area contributed by atoms with E-state index in [1.165, 1.54) is 0 Å². The van der Waals surface area contributed by atoms with Crippen molar-refractivity contribution in [3.63, 3.8) is 0 Å². The van der Waals surface area contributed by atoms with E-state index in [1.54, 1.807) is 0 Å². The van der Waals surface area contributed by atoms with Crippen LogP contribution in [0.25, 0.3) is 0 Å². The number of nitrogens with one attached hydrogen (secondary N) is 3. The standard InChI is InChI=1S/C23H30N4O2/c1-17-12-18(2)14-21(13-17)26-23(29)25-20-8-10-27(11-9-20)16-22(28)24-15-19-6-4-3-5-7-19/h3-7,12-14,20H,8-11,15-16H2,1-2H3,(H,24,28)(H2,25,26,29). The molecule has 154 valence electrons. The minimum Gasteiger partial charge on any atom is -0.351 e. The van der Waals surface area contributed by atoms with Gasteiger partial charge in [0, 0.05) is 31.4 Å². The van der Waals surface area contributed by atoms with Gasteiger partial charge in [-0.2, -0.15) is 0 Å². The molecule has 1 fully saturated rings.